The number of nitrogens with one attached hydrogen (secondary N) is 2. The van der Waals surface area contributed by atoms with Crippen LogP contribution in [0, 0.1) is 5.92 Å². The Morgan fingerprint density at radius 2 is 1.75 bits per heavy atom. The van der Waals surface area contributed by atoms with Gasteiger partial charge in [-0.1, -0.05) is 30.3 Å². The summed E-state index contributed by atoms with van der Waals surface area (Å²) in [6, 6.07) is 10.2. The van der Waals surface area contributed by atoms with Gasteiger partial charge in [-0.3, -0.25) is 9.59 Å². The molecule has 1 aliphatic rings. The van der Waals surface area contributed by atoms with Gasteiger partial charge >= 0.3 is 0 Å². The maximum absolute atomic E-state index is 11.9. The van der Waals surface area contributed by atoms with Gasteiger partial charge in [0.15, 0.2) is 0 Å². The van der Waals surface area contributed by atoms with Crippen LogP contribution in [0.3, 0.4) is 0 Å². The Bertz CT molecular complexity index is 459. The number of unbranched alkanes of at least 4 members (excludes halogenated alkanes) is 1. The Morgan fingerprint density at radius 3 is 2.40 bits per heavy atom. The summed E-state index contributed by atoms with van der Waals surface area (Å²) in [5, 5.41) is 5.73. The van der Waals surface area contributed by atoms with Crippen molar-refractivity contribution in [2.45, 2.75) is 32.1 Å². The summed E-state index contributed by atoms with van der Waals surface area (Å²) in [5.74, 6) is 0.708. The van der Waals surface area contributed by atoms with E-state index in [2.05, 4.69) is 22.8 Å². The highest BCUT2D eigenvalue weighted by Crippen LogP contribution is 2.47. The number of carbonyl (C=O) groups is 2. The lowest BCUT2D eigenvalue weighted by molar-refractivity contribution is -0.122. The molecule has 0 aromatic heterocycles. The summed E-state index contributed by atoms with van der Waals surface area (Å²) in [5.41, 5.74) is 1.26. The first-order valence-corrected chi connectivity index (χ1v) is 7.25. The standard InChI is InChI=1S/C16H22N2O2/c1-12(19)17-9-5-6-10-18-16(20)15-11-14(15)13-7-3-2-4-8-13/h2-4,7-8,14-15H,5-6,9-11H2,1H3,(H,17,19)(H,18,20). The van der Waals surface area contributed by atoms with Crippen LogP contribution in [0.2, 0.25) is 0 Å². The monoisotopic (exact) mass is 274 g/mol. The molecule has 1 aromatic carbocycles. The molecule has 0 aliphatic heterocycles. The van der Waals surface area contributed by atoms with Gasteiger partial charge in [-0.25, -0.2) is 0 Å². The van der Waals surface area contributed by atoms with Gasteiger partial charge in [-0.15, -0.1) is 0 Å². The smallest absolute Gasteiger partial charge is 0.223 e. The van der Waals surface area contributed by atoms with E-state index < -0.39 is 0 Å². The molecular weight excluding hydrogens is 252 g/mol. The van der Waals surface area contributed by atoms with Crippen LogP contribution in [0.25, 0.3) is 0 Å². The molecule has 1 aromatic rings. The Labute approximate surface area is 119 Å². The van der Waals surface area contributed by atoms with Crippen molar-refractivity contribution >= 4 is 11.8 Å². The zero-order chi connectivity index (χ0) is 14.4. The zero-order valence-electron chi connectivity index (χ0n) is 11.9. The molecule has 2 rings (SSSR count). The van der Waals surface area contributed by atoms with E-state index in [-0.39, 0.29) is 17.7 Å². The SMILES string of the molecule is CC(=O)NCCCCNC(=O)C1CC1c1ccccc1. The molecule has 2 amide bonds. The van der Waals surface area contributed by atoms with E-state index >= 15 is 0 Å². The second-order valence-electron chi connectivity index (χ2n) is 5.34. The minimum absolute atomic E-state index is 0.00211. The average Bonchev–Trinajstić information content (AvgIpc) is 3.23. The molecule has 0 bridgehead atoms. The van der Waals surface area contributed by atoms with Gasteiger partial charge in [0.05, 0.1) is 0 Å². The summed E-state index contributed by atoms with van der Waals surface area (Å²) in [7, 11) is 0. The molecule has 0 radical (unpaired) electrons. The predicted octanol–water partition coefficient (Wildman–Crippen LogP) is 1.82. The third kappa shape index (κ3) is 4.37. The molecule has 0 saturated heterocycles. The number of hydrogen-bond donors (Lipinski definition) is 2. The lowest BCUT2D eigenvalue weighted by Crippen LogP contribution is -2.27. The van der Waals surface area contributed by atoms with Crippen molar-refractivity contribution in [2.75, 3.05) is 13.1 Å². The molecule has 1 saturated carbocycles. The zero-order valence-corrected chi connectivity index (χ0v) is 11.9. The molecular formula is C16H22N2O2. The van der Waals surface area contributed by atoms with Crippen molar-refractivity contribution in [1.29, 1.82) is 0 Å². The predicted molar refractivity (Wildman–Crippen MR) is 78.2 cm³/mol. The Hall–Kier alpha value is -1.84. The highest BCUT2D eigenvalue weighted by Gasteiger charge is 2.43. The van der Waals surface area contributed by atoms with Gasteiger partial charge in [0, 0.05) is 25.9 Å². The quantitative estimate of drug-likeness (QED) is 0.745. The highest BCUT2D eigenvalue weighted by atomic mass is 16.2. The molecule has 2 atom stereocenters. The molecule has 108 valence electrons. The molecule has 20 heavy (non-hydrogen) atoms. The van der Waals surface area contributed by atoms with Crippen molar-refractivity contribution in [3.05, 3.63) is 35.9 Å². The van der Waals surface area contributed by atoms with Gasteiger partial charge in [0.1, 0.15) is 0 Å². The molecule has 4 nitrogen and oxygen atoms in total. The first-order valence-electron chi connectivity index (χ1n) is 7.25. The number of amides is 2. The van der Waals surface area contributed by atoms with Crippen LogP contribution in [-0.2, 0) is 9.59 Å². The van der Waals surface area contributed by atoms with Crippen molar-refractivity contribution in [3.8, 4) is 0 Å². The lowest BCUT2D eigenvalue weighted by Gasteiger charge is -2.05. The van der Waals surface area contributed by atoms with Gasteiger partial charge in [-0.2, -0.15) is 0 Å². The summed E-state index contributed by atoms with van der Waals surface area (Å²) < 4.78 is 0. The third-order valence-corrected chi connectivity index (χ3v) is 3.63. The highest BCUT2D eigenvalue weighted by molar-refractivity contribution is 5.82. The van der Waals surface area contributed by atoms with Gasteiger partial charge in [0.25, 0.3) is 0 Å². The van der Waals surface area contributed by atoms with Crippen LogP contribution in [0.15, 0.2) is 30.3 Å². The van der Waals surface area contributed by atoms with Crippen molar-refractivity contribution in [1.82, 2.24) is 10.6 Å². The summed E-state index contributed by atoms with van der Waals surface area (Å²) in [6.07, 6.45) is 2.75. The Morgan fingerprint density at radius 1 is 1.10 bits per heavy atom. The van der Waals surface area contributed by atoms with Crippen LogP contribution < -0.4 is 10.6 Å². The molecule has 1 fully saturated rings. The van der Waals surface area contributed by atoms with Crippen molar-refractivity contribution in [3.63, 3.8) is 0 Å². The minimum Gasteiger partial charge on any atom is -0.356 e. The van der Waals surface area contributed by atoms with Gasteiger partial charge in [-0.05, 0) is 30.7 Å². The topological polar surface area (TPSA) is 58.2 Å². The first-order chi connectivity index (χ1) is 9.68. The van der Waals surface area contributed by atoms with Crippen molar-refractivity contribution in [2.24, 2.45) is 5.92 Å². The molecule has 4 heteroatoms. The van der Waals surface area contributed by atoms with Crippen LogP contribution in [0.1, 0.15) is 37.7 Å². The Kier molecular flexibility index (Phi) is 5.16. The van der Waals surface area contributed by atoms with Gasteiger partial charge in [0.2, 0.25) is 11.8 Å². The normalized spacial score (nSPS) is 20.2. The third-order valence-electron chi connectivity index (χ3n) is 3.63. The van der Waals surface area contributed by atoms with E-state index in [1.807, 2.05) is 18.2 Å². The van der Waals surface area contributed by atoms with E-state index in [0.717, 1.165) is 19.3 Å². The summed E-state index contributed by atoms with van der Waals surface area (Å²) in [4.78, 5) is 22.6. The van der Waals surface area contributed by atoms with Crippen LogP contribution >= 0.6 is 0 Å². The van der Waals surface area contributed by atoms with Gasteiger partial charge < -0.3 is 10.6 Å². The van der Waals surface area contributed by atoms with E-state index in [1.54, 1.807) is 0 Å². The second-order valence-corrected chi connectivity index (χ2v) is 5.34. The fourth-order valence-electron chi connectivity index (χ4n) is 2.41. The summed E-state index contributed by atoms with van der Waals surface area (Å²) in [6.45, 7) is 2.89. The molecule has 2 N–H and O–H groups in total. The fraction of sp³-hybridized carbons (Fsp3) is 0.500. The average molecular weight is 274 g/mol. The molecule has 1 aliphatic carbocycles. The van der Waals surface area contributed by atoms with E-state index in [0.29, 0.717) is 19.0 Å². The maximum Gasteiger partial charge on any atom is 0.223 e. The van der Waals surface area contributed by atoms with Crippen molar-refractivity contribution < 1.29 is 9.59 Å². The number of rotatable bonds is 7. The molecule has 0 heterocycles. The van der Waals surface area contributed by atoms with Crippen LogP contribution in [-0.4, -0.2) is 24.9 Å². The molecule has 0 spiro atoms. The van der Waals surface area contributed by atoms with Crippen LogP contribution in [0.5, 0.6) is 0 Å². The Balaban J connectivity index is 1.59. The summed E-state index contributed by atoms with van der Waals surface area (Å²) >= 11 is 0. The molecule has 2 unspecified atom stereocenters. The second kappa shape index (κ2) is 7.08. The van der Waals surface area contributed by atoms with Crippen LogP contribution in [0.4, 0.5) is 0 Å². The lowest BCUT2D eigenvalue weighted by atomic mass is 10.1. The first kappa shape index (κ1) is 14.6. The largest absolute Gasteiger partial charge is 0.356 e. The van der Waals surface area contributed by atoms with E-state index in [1.165, 1.54) is 12.5 Å². The number of carbonyl (C=O) groups excluding carboxylic acids is 2. The fourth-order valence-corrected chi connectivity index (χ4v) is 2.41. The minimum atomic E-state index is -0.00211. The van der Waals surface area contributed by atoms with E-state index in [4.69, 9.17) is 0 Å². The number of benzene rings is 1. The number of hydrogen-bond acceptors (Lipinski definition) is 2. The van der Waals surface area contributed by atoms with E-state index in [9.17, 15) is 9.59 Å². The maximum atomic E-state index is 11.9.